The van der Waals surface area contributed by atoms with Gasteiger partial charge in [0.1, 0.15) is 0 Å². The zero-order valence-corrected chi connectivity index (χ0v) is 20.7. The molecule has 5 rings (SSSR count). The quantitative estimate of drug-likeness (QED) is 0.411. The van der Waals surface area contributed by atoms with Crippen LogP contribution in [-0.4, -0.2) is 59.2 Å². The lowest BCUT2D eigenvalue weighted by atomic mass is 9.69. The molecule has 4 nitrogen and oxygen atoms in total. The summed E-state index contributed by atoms with van der Waals surface area (Å²) < 4.78 is 0. The number of amides is 1. The van der Waals surface area contributed by atoms with Gasteiger partial charge in [-0.3, -0.25) is 4.79 Å². The number of benzene rings is 1. The predicted molar refractivity (Wildman–Crippen MR) is 134 cm³/mol. The Hall–Kier alpha value is -1.46. The topological polar surface area (TPSA) is 39.3 Å². The molecule has 2 saturated heterocycles. The highest BCUT2D eigenvalue weighted by molar-refractivity contribution is 7.98. The molecule has 3 heterocycles. The lowest BCUT2D eigenvalue weighted by Crippen LogP contribution is -2.36. The summed E-state index contributed by atoms with van der Waals surface area (Å²) in [6.07, 6.45) is 15.4. The maximum atomic E-state index is 13.0. The van der Waals surface area contributed by atoms with Crippen LogP contribution in [-0.2, 0) is 11.2 Å². The van der Waals surface area contributed by atoms with E-state index in [1.54, 1.807) is 0 Å². The van der Waals surface area contributed by atoms with Gasteiger partial charge < -0.3 is 14.8 Å². The summed E-state index contributed by atoms with van der Waals surface area (Å²) in [5, 5.41) is 1.39. The highest BCUT2D eigenvalue weighted by Crippen LogP contribution is 2.47. The van der Waals surface area contributed by atoms with E-state index in [1.165, 1.54) is 73.0 Å². The van der Waals surface area contributed by atoms with E-state index >= 15 is 0 Å². The number of H-pyrrole nitrogens is 1. The van der Waals surface area contributed by atoms with Crippen LogP contribution in [0.2, 0.25) is 0 Å². The summed E-state index contributed by atoms with van der Waals surface area (Å²) in [5.74, 6) is 1.06. The van der Waals surface area contributed by atoms with Gasteiger partial charge in [-0.2, -0.15) is 0 Å². The monoisotopic (exact) mass is 453 g/mol. The third-order valence-electron chi connectivity index (χ3n) is 8.67. The van der Waals surface area contributed by atoms with Gasteiger partial charge in [0, 0.05) is 41.1 Å². The molecule has 0 spiro atoms. The largest absolute Gasteiger partial charge is 0.361 e. The molecule has 3 aliphatic rings. The zero-order chi connectivity index (χ0) is 22.1. The second-order valence-electron chi connectivity index (χ2n) is 10.6. The van der Waals surface area contributed by atoms with Crippen LogP contribution in [0.15, 0.2) is 29.3 Å². The van der Waals surface area contributed by atoms with Gasteiger partial charge in [0.05, 0.1) is 5.41 Å². The predicted octanol–water partition coefficient (Wildman–Crippen LogP) is 5.72. The number of hydrogen-bond acceptors (Lipinski definition) is 3. The molecule has 1 amide bonds. The van der Waals surface area contributed by atoms with Crippen molar-refractivity contribution in [1.82, 2.24) is 14.8 Å². The lowest BCUT2D eigenvalue weighted by Gasteiger charge is -2.32. The number of aromatic amines is 1. The average Bonchev–Trinajstić information content (AvgIpc) is 3.49. The zero-order valence-electron chi connectivity index (χ0n) is 19.9. The minimum atomic E-state index is -0.0478. The summed E-state index contributed by atoms with van der Waals surface area (Å²) in [5.41, 5.74) is 2.67. The Balaban J connectivity index is 1.13. The molecular formula is C27H39N3OS. The molecule has 0 unspecified atom stereocenters. The van der Waals surface area contributed by atoms with Gasteiger partial charge in [-0.1, -0.05) is 19.8 Å². The highest BCUT2D eigenvalue weighted by atomic mass is 32.2. The molecule has 32 heavy (non-hydrogen) atoms. The van der Waals surface area contributed by atoms with Crippen LogP contribution in [0.3, 0.4) is 0 Å². The molecule has 0 radical (unpaired) electrons. The first-order valence-electron chi connectivity index (χ1n) is 12.8. The summed E-state index contributed by atoms with van der Waals surface area (Å²) in [6, 6.07) is 7.42. The van der Waals surface area contributed by atoms with E-state index in [9.17, 15) is 4.79 Å². The van der Waals surface area contributed by atoms with Gasteiger partial charge in [-0.15, -0.1) is 11.8 Å². The number of likely N-dealkylation sites (tertiary alicyclic amines) is 2. The van der Waals surface area contributed by atoms with Gasteiger partial charge in [0.25, 0.3) is 0 Å². The molecular weight excluding hydrogens is 414 g/mol. The Labute approximate surface area is 197 Å². The van der Waals surface area contributed by atoms with Crippen molar-refractivity contribution in [2.75, 3.05) is 32.4 Å². The smallest absolute Gasteiger partial charge is 0.228 e. The van der Waals surface area contributed by atoms with Gasteiger partial charge in [-0.25, -0.2) is 0 Å². The van der Waals surface area contributed by atoms with Crippen LogP contribution in [0.5, 0.6) is 0 Å². The number of rotatable bonds is 8. The maximum absolute atomic E-state index is 13.0. The van der Waals surface area contributed by atoms with Crippen LogP contribution >= 0.6 is 11.8 Å². The van der Waals surface area contributed by atoms with Crippen molar-refractivity contribution in [2.24, 2.45) is 11.3 Å². The third kappa shape index (κ3) is 4.23. The van der Waals surface area contributed by atoms with Crippen LogP contribution < -0.4 is 0 Å². The number of fused-ring (bicyclic) bond motifs is 2. The van der Waals surface area contributed by atoms with Gasteiger partial charge in [0.15, 0.2) is 0 Å². The number of thioether (sulfide) groups is 1. The van der Waals surface area contributed by atoms with Crippen LogP contribution in [0.25, 0.3) is 10.9 Å². The first kappa shape index (κ1) is 22.3. The SMILES string of the molecule is CSc1ccc2[nH]cc(C[C@H]3CCCN3CCCCN3C[C@H]4CCCC[C@]4(C)C3=O)c2c1. The molecule has 1 aliphatic carbocycles. The fraction of sp³-hybridized carbons (Fsp3) is 0.667. The van der Waals surface area contributed by atoms with E-state index in [1.807, 2.05) is 11.8 Å². The van der Waals surface area contributed by atoms with E-state index in [4.69, 9.17) is 0 Å². The Bertz CT molecular complexity index is 956. The second kappa shape index (κ2) is 9.42. The molecule has 3 fully saturated rings. The highest BCUT2D eigenvalue weighted by Gasteiger charge is 2.50. The van der Waals surface area contributed by atoms with Crippen molar-refractivity contribution < 1.29 is 4.79 Å². The normalized spacial score (nSPS) is 28.7. The molecule has 5 heteroatoms. The fourth-order valence-corrected chi connectivity index (χ4v) is 7.07. The number of carbonyl (C=O) groups excluding carboxylic acids is 1. The van der Waals surface area contributed by atoms with Crippen molar-refractivity contribution in [2.45, 2.75) is 75.6 Å². The van der Waals surface area contributed by atoms with E-state index < -0.39 is 0 Å². The van der Waals surface area contributed by atoms with Crippen LogP contribution in [0, 0.1) is 11.3 Å². The molecule has 1 aromatic carbocycles. The summed E-state index contributed by atoms with van der Waals surface area (Å²) in [6.45, 7) is 6.61. The van der Waals surface area contributed by atoms with Crippen molar-refractivity contribution in [3.63, 3.8) is 0 Å². The Kier molecular flexibility index (Phi) is 6.58. The van der Waals surface area contributed by atoms with Crippen LogP contribution in [0.1, 0.15) is 63.9 Å². The summed E-state index contributed by atoms with van der Waals surface area (Å²) in [4.78, 5) is 22.7. The molecule has 1 aromatic heterocycles. The number of hydrogen-bond donors (Lipinski definition) is 1. The Morgan fingerprint density at radius 3 is 2.88 bits per heavy atom. The minimum Gasteiger partial charge on any atom is -0.361 e. The molecule has 1 N–H and O–H groups in total. The lowest BCUT2D eigenvalue weighted by molar-refractivity contribution is -0.137. The van der Waals surface area contributed by atoms with E-state index in [0.29, 0.717) is 17.9 Å². The molecule has 2 aromatic rings. The molecule has 2 aliphatic heterocycles. The van der Waals surface area contributed by atoms with Gasteiger partial charge in [0.2, 0.25) is 5.91 Å². The van der Waals surface area contributed by atoms with Crippen molar-refractivity contribution in [3.05, 3.63) is 30.0 Å². The maximum Gasteiger partial charge on any atom is 0.228 e. The second-order valence-corrected chi connectivity index (χ2v) is 11.5. The van der Waals surface area contributed by atoms with Crippen molar-refractivity contribution in [1.29, 1.82) is 0 Å². The van der Waals surface area contributed by atoms with Crippen molar-refractivity contribution >= 4 is 28.6 Å². The fourth-order valence-electron chi connectivity index (χ4n) is 6.63. The average molecular weight is 454 g/mol. The first-order chi connectivity index (χ1) is 15.6. The summed E-state index contributed by atoms with van der Waals surface area (Å²) >= 11 is 1.82. The molecule has 1 saturated carbocycles. The molecule has 3 atom stereocenters. The molecule has 0 bridgehead atoms. The number of nitrogens with one attached hydrogen (secondary N) is 1. The molecule has 174 valence electrons. The van der Waals surface area contributed by atoms with Gasteiger partial charge in [-0.05, 0) is 94.0 Å². The summed E-state index contributed by atoms with van der Waals surface area (Å²) in [7, 11) is 0. The third-order valence-corrected chi connectivity index (χ3v) is 9.39. The Morgan fingerprint density at radius 2 is 2.03 bits per heavy atom. The van der Waals surface area contributed by atoms with Crippen molar-refractivity contribution in [3.8, 4) is 0 Å². The first-order valence-corrected chi connectivity index (χ1v) is 14.0. The standard InChI is InChI=1S/C27H39N3OS/c1-27-12-4-3-8-21(27)19-30(26(27)31)14-6-5-13-29-15-7-9-22(29)16-20-18-28-25-11-10-23(32-2)17-24(20)25/h10-11,17-18,21-22,28H,3-9,12-16,19H2,1-2H3/t21-,22-,27+/m1/s1. The number of unbranched alkanes of at least 4 members (excludes halogenated alkanes) is 1. The van der Waals surface area contributed by atoms with Crippen LogP contribution in [0.4, 0.5) is 0 Å². The van der Waals surface area contributed by atoms with Gasteiger partial charge >= 0.3 is 0 Å². The van der Waals surface area contributed by atoms with E-state index in [2.05, 4.69) is 52.4 Å². The van der Waals surface area contributed by atoms with E-state index in [0.717, 1.165) is 32.4 Å². The number of aromatic nitrogens is 1. The van der Waals surface area contributed by atoms with E-state index in [-0.39, 0.29) is 5.41 Å². The number of carbonyl (C=O) groups is 1. The number of nitrogens with zero attached hydrogens (tertiary/aromatic N) is 2. The Morgan fingerprint density at radius 1 is 1.16 bits per heavy atom. The minimum absolute atomic E-state index is 0.0478.